The standard InChI is InChI=1S/C11H20N2O2/c1-11(15)6-13(7-11)10(14)8-2-4-9(12)5-3-8/h8-9,15H,2-7,12H2,1H3. The van der Waals surface area contributed by atoms with Gasteiger partial charge >= 0.3 is 0 Å². The Hall–Kier alpha value is -0.610. The Morgan fingerprint density at radius 2 is 1.87 bits per heavy atom. The Morgan fingerprint density at radius 3 is 2.33 bits per heavy atom. The fourth-order valence-corrected chi connectivity index (χ4v) is 2.56. The van der Waals surface area contributed by atoms with Gasteiger partial charge in [-0.3, -0.25) is 4.79 Å². The van der Waals surface area contributed by atoms with Crippen LogP contribution in [0, 0.1) is 5.92 Å². The Balaban J connectivity index is 1.82. The second-order valence-electron chi connectivity index (χ2n) is 5.30. The lowest BCUT2D eigenvalue weighted by Gasteiger charge is -2.46. The number of aliphatic hydroxyl groups is 1. The Bertz CT molecular complexity index is 249. The van der Waals surface area contributed by atoms with Gasteiger partial charge < -0.3 is 15.7 Å². The predicted molar refractivity (Wildman–Crippen MR) is 57.1 cm³/mol. The van der Waals surface area contributed by atoms with Crippen molar-refractivity contribution >= 4 is 5.91 Å². The molecule has 1 aliphatic heterocycles. The zero-order valence-corrected chi connectivity index (χ0v) is 9.28. The van der Waals surface area contributed by atoms with E-state index in [9.17, 15) is 9.90 Å². The molecule has 1 saturated heterocycles. The van der Waals surface area contributed by atoms with Crippen LogP contribution in [0.1, 0.15) is 32.6 Å². The van der Waals surface area contributed by atoms with Crippen LogP contribution in [-0.4, -0.2) is 40.6 Å². The summed E-state index contributed by atoms with van der Waals surface area (Å²) in [6.45, 7) is 2.76. The molecule has 4 nitrogen and oxygen atoms in total. The first-order chi connectivity index (χ1) is 6.98. The van der Waals surface area contributed by atoms with E-state index in [-0.39, 0.29) is 17.9 Å². The summed E-state index contributed by atoms with van der Waals surface area (Å²) in [5.74, 6) is 0.370. The van der Waals surface area contributed by atoms with Gasteiger partial charge in [0.25, 0.3) is 0 Å². The first kappa shape index (κ1) is 10.9. The van der Waals surface area contributed by atoms with Gasteiger partial charge in [-0.05, 0) is 32.6 Å². The fourth-order valence-electron chi connectivity index (χ4n) is 2.56. The molecule has 0 aromatic carbocycles. The van der Waals surface area contributed by atoms with Crippen molar-refractivity contribution in [2.45, 2.75) is 44.2 Å². The highest BCUT2D eigenvalue weighted by Gasteiger charge is 2.41. The van der Waals surface area contributed by atoms with Crippen molar-refractivity contribution in [3.8, 4) is 0 Å². The SMILES string of the molecule is CC1(O)CN(C(=O)C2CCC(N)CC2)C1. The molecule has 15 heavy (non-hydrogen) atoms. The molecule has 3 N–H and O–H groups in total. The van der Waals surface area contributed by atoms with Crippen LogP contribution in [0.2, 0.25) is 0 Å². The molecule has 2 rings (SSSR count). The summed E-state index contributed by atoms with van der Waals surface area (Å²) in [5.41, 5.74) is 5.15. The summed E-state index contributed by atoms with van der Waals surface area (Å²) in [5, 5.41) is 9.56. The van der Waals surface area contributed by atoms with Gasteiger partial charge in [0.2, 0.25) is 5.91 Å². The van der Waals surface area contributed by atoms with Crippen LogP contribution < -0.4 is 5.73 Å². The number of rotatable bonds is 1. The van der Waals surface area contributed by atoms with Gasteiger partial charge in [-0.1, -0.05) is 0 Å². The second-order valence-corrected chi connectivity index (χ2v) is 5.30. The minimum absolute atomic E-state index is 0.154. The number of hydrogen-bond acceptors (Lipinski definition) is 3. The van der Waals surface area contributed by atoms with Crippen LogP contribution in [0.15, 0.2) is 0 Å². The van der Waals surface area contributed by atoms with E-state index in [1.165, 1.54) is 0 Å². The highest BCUT2D eigenvalue weighted by atomic mass is 16.3. The van der Waals surface area contributed by atoms with E-state index in [0.717, 1.165) is 25.7 Å². The maximum Gasteiger partial charge on any atom is 0.225 e. The Kier molecular flexibility index (Phi) is 2.73. The van der Waals surface area contributed by atoms with Gasteiger partial charge in [-0.25, -0.2) is 0 Å². The van der Waals surface area contributed by atoms with E-state index in [1.54, 1.807) is 11.8 Å². The molecule has 0 unspecified atom stereocenters. The van der Waals surface area contributed by atoms with E-state index in [0.29, 0.717) is 13.1 Å². The fraction of sp³-hybridized carbons (Fsp3) is 0.909. The molecule has 0 aromatic rings. The maximum atomic E-state index is 11.9. The molecule has 0 aromatic heterocycles. The molecule has 1 saturated carbocycles. The summed E-state index contributed by atoms with van der Waals surface area (Å²) in [7, 11) is 0. The average Bonchev–Trinajstić information content (AvgIpc) is 2.14. The van der Waals surface area contributed by atoms with Crippen LogP contribution in [0.3, 0.4) is 0 Å². The summed E-state index contributed by atoms with van der Waals surface area (Å²) in [6, 6.07) is 0.286. The monoisotopic (exact) mass is 212 g/mol. The highest BCUT2D eigenvalue weighted by Crippen LogP contribution is 2.29. The molecule has 2 fully saturated rings. The lowest BCUT2D eigenvalue weighted by Crippen LogP contribution is -2.63. The molecular weight excluding hydrogens is 192 g/mol. The second kappa shape index (κ2) is 3.76. The number of carbonyl (C=O) groups excluding carboxylic acids is 1. The van der Waals surface area contributed by atoms with Crippen molar-refractivity contribution in [3.05, 3.63) is 0 Å². The highest BCUT2D eigenvalue weighted by molar-refractivity contribution is 5.80. The largest absolute Gasteiger partial charge is 0.386 e. The van der Waals surface area contributed by atoms with Crippen molar-refractivity contribution < 1.29 is 9.90 Å². The van der Waals surface area contributed by atoms with E-state index in [4.69, 9.17) is 5.73 Å². The normalized spacial score (nSPS) is 34.7. The topological polar surface area (TPSA) is 66.6 Å². The zero-order chi connectivity index (χ0) is 11.1. The molecule has 4 heteroatoms. The van der Waals surface area contributed by atoms with Crippen LogP contribution in [0.25, 0.3) is 0 Å². The smallest absolute Gasteiger partial charge is 0.225 e. The van der Waals surface area contributed by atoms with Gasteiger partial charge in [0, 0.05) is 12.0 Å². The Morgan fingerprint density at radius 1 is 1.33 bits per heavy atom. The number of likely N-dealkylation sites (tertiary alicyclic amines) is 1. The van der Waals surface area contributed by atoms with Gasteiger partial charge in [0.05, 0.1) is 18.7 Å². The molecule has 2 aliphatic rings. The van der Waals surface area contributed by atoms with Gasteiger partial charge in [0.15, 0.2) is 0 Å². The van der Waals surface area contributed by atoms with Gasteiger partial charge in [-0.2, -0.15) is 0 Å². The number of hydrogen-bond donors (Lipinski definition) is 2. The van der Waals surface area contributed by atoms with Crippen molar-refractivity contribution in [3.63, 3.8) is 0 Å². The molecule has 1 amide bonds. The quantitative estimate of drug-likeness (QED) is 0.647. The number of nitrogens with zero attached hydrogens (tertiary/aromatic N) is 1. The third kappa shape index (κ3) is 2.32. The Labute approximate surface area is 90.4 Å². The summed E-state index contributed by atoms with van der Waals surface area (Å²) in [4.78, 5) is 13.7. The van der Waals surface area contributed by atoms with Crippen molar-refractivity contribution in [1.29, 1.82) is 0 Å². The lowest BCUT2D eigenvalue weighted by atomic mass is 9.84. The number of carbonyl (C=O) groups is 1. The number of nitrogens with two attached hydrogens (primary N) is 1. The predicted octanol–water partition coefficient (Wildman–Crippen LogP) is 0.0971. The molecule has 1 heterocycles. The average molecular weight is 212 g/mol. The third-order valence-corrected chi connectivity index (χ3v) is 3.50. The van der Waals surface area contributed by atoms with E-state index in [2.05, 4.69) is 0 Å². The van der Waals surface area contributed by atoms with Gasteiger partial charge in [-0.15, -0.1) is 0 Å². The first-order valence-electron chi connectivity index (χ1n) is 5.75. The first-order valence-corrected chi connectivity index (χ1v) is 5.75. The molecular formula is C11H20N2O2. The van der Waals surface area contributed by atoms with Crippen LogP contribution in [-0.2, 0) is 4.79 Å². The minimum Gasteiger partial charge on any atom is -0.386 e. The van der Waals surface area contributed by atoms with Crippen molar-refractivity contribution in [1.82, 2.24) is 4.90 Å². The third-order valence-electron chi connectivity index (χ3n) is 3.50. The molecule has 1 aliphatic carbocycles. The molecule has 0 atom stereocenters. The number of amides is 1. The van der Waals surface area contributed by atoms with E-state index < -0.39 is 5.60 Å². The van der Waals surface area contributed by atoms with Crippen LogP contribution >= 0.6 is 0 Å². The molecule has 0 spiro atoms. The summed E-state index contributed by atoms with van der Waals surface area (Å²) >= 11 is 0. The van der Waals surface area contributed by atoms with E-state index in [1.807, 2.05) is 0 Å². The molecule has 0 bridgehead atoms. The lowest BCUT2D eigenvalue weighted by molar-refractivity contribution is -0.157. The van der Waals surface area contributed by atoms with Crippen LogP contribution in [0.5, 0.6) is 0 Å². The molecule has 86 valence electrons. The number of β-amino-alcohol motifs (C(OH)–C–C–N with tert-alkyl or cyclic N) is 1. The maximum absolute atomic E-state index is 11.9. The van der Waals surface area contributed by atoms with Crippen LogP contribution in [0.4, 0.5) is 0 Å². The van der Waals surface area contributed by atoms with Crippen molar-refractivity contribution in [2.75, 3.05) is 13.1 Å². The van der Waals surface area contributed by atoms with Gasteiger partial charge in [0.1, 0.15) is 0 Å². The van der Waals surface area contributed by atoms with Crippen molar-refractivity contribution in [2.24, 2.45) is 11.7 Å². The van der Waals surface area contributed by atoms with E-state index >= 15 is 0 Å². The summed E-state index contributed by atoms with van der Waals surface area (Å²) in [6.07, 6.45) is 3.75. The summed E-state index contributed by atoms with van der Waals surface area (Å²) < 4.78 is 0. The zero-order valence-electron chi connectivity index (χ0n) is 9.28. The minimum atomic E-state index is -0.652. The molecule has 0 radical (unpaired) electrons.